The topological polar surface area (TPSA) is 58.1 Å². The maximum absolute atomic E-state index is 5.35. The second kappa shape index (κ2) is 14.2. The number of methoxy groups -OCH3 is 2. The average Bonchev–Trinajstić information content (AvgIpc) is 2.68. The lowest BCUT2D eigenvalue weighted by molar-refractivity contribution is 0.354. The normalized spacial score (nSPS) is 11.6. The van der Waals surface area contributed by atoms with Crippen molar-refractivity contribution in [2.75, 3.05) is 55.0 Å². The van der Waals surface area contributed by atoms with E-state index in [1.54, 1.807) is 14.2 Å². The highest BCUT2D eigenvalue weighted by Crippen LogP contribution is 2.27. The largest absolute Gasteiger partial charge is 0.493 e. The van der Waals surface area contributed by atoms with E-state index in [1.165, 1.54) is 44.2 Å². The number of unbranched alkanes of at least 4 members (excludes halogenated alkanes) is 4. The summed E-state index contributed by atoms with van der Waals surface area (Å²) in [5, 5.41) is 6.76. The molecule has 0 fully saturated rings. The molecule has 0 saturated carbocycles. The zero-order valence-corrected chi connectivity index (χ0v) is 17.8. The molecule has 154 valence electrons. The molecule has 0 heterocycles. The molecule has 1 rings (SSSR count). The van der Waals surface area contributed by atoms with Crippen LogP contribution in [0.5, 0.6) is 11.5 Å². The number of guanidine groups is 1. The first-order valence-electron chi connectivity index (χ1n) is 9.90. The van der Waals surface area contributed by atoms with E-state index >= 15 is 0 Å². The lowest BCUT2D eigenvalue weighted by Gasteiger charge is -2.13. The van der Waals surface area contributed by atoms with Crippen molar-refractivity contribution >= 4 is 5.96 Å². The van der Waals surface area contributed by atoms with Crippen LogP contribution in [0.3, 0.4) is 0 Å². The van der Waals surface area contributed by atoms with E-state index < -0.39 is 0 Å². The monoisotopic (exact) mass is 378 g/mol. The Bertz CT molecular complexity index is 547. The molecular weight excluding hydrogens is 340 g/mol. The second-order valence-electron chi connectivity index (χ2n) is 6.94. The van der Waals surface area contributed by atoms with Gasteiger partial charge in [-0.25, -0.2) is 0 Å². The molecule has 0 aliphatic heterocycles. The summed E-state index contributed by atoms with van der Waals surface area (Å²) in [6.45, 7) is 2.97. The van der Waals surface area contributed by atoms with Crippen LogP contribution in [0.15, 0.2) is 23.2 Å². The fourth-order valence-electron chi connectivity index (χ4n) is 2.87. The van der Waals surface area contributed by atoms with Crippen molar-refractivity contribution in [1.82, 2.24) is 15.5 Å². The summed E-state index contributed by atoms with van der Waals surface area (Å²) < 4.78 is 10.6. The minimum Gasteiger partial charge on any atom is -0.493 e. The van der Waals surface area contributed by atoms with Crippen LogP contribution in [0.4, 0.5) is 0 Å². The summed E-state index contributed by atoms with van der Waals surface area (Å²) in [6.07, 6.45) is 7.26. The van der Waals surface area contributed by atoms with Crippen LogP contribution in [-0.2, 0) is 6.42 Å². The molecule has 1 aromatic carbocycles. The van der Waals surface area contributed by atoms with E-state index in [0.29, 0.717) is 0 Å². The van der Waals surface area contributed by atoms with Crippen molar-refractivity contribution in [2.45, 2.75) is 38.5 Å². The fourth-order valence-corrected chi connectivity index (χ4v) is 2.87. The molecule has 0 spiro atoms. The first-order valence-corrected chi connectivity index (χ1v) is 9.90. The molecule has 0 bridgehead atoms. The Labute approximate surface area is 165 Å². The highest BCUT2D eigenvalue weighted by atomic mass is 16.5. The molecule has 6 heteroatoms. The van der Waals surface area contributed by atoms with Gasteiger partial charge in [-0.3, -0.25) is 4.99 Å². The van der Waals surface area contributed by atoms with Crippen LogP contribution in [-0.4, -0.2) is 65.9 Å². The molecular formula is C21H38N4O2. The van der Waals surface area contributed by atoms with Crippen molar-refractivity contribution in [1.29, 1.82) is 0 Å². The second-order valence-corrected chi connectivity index (χ2v) is 6.94. The Kier molecular flexibility index (Phi) is 12.1. The Balaban J connectivity index is 2.18. The van der Waals surface area contributed by atoms with Crippen LogP contribution in [0.2, 0.25) is 0 Å². The molecule has 0 aromatic heterocycles. The third kappa shape index (κ3) is 10.1. The van der Waals surface area contributed by atoms with Crippen molar-refractivity contribution in [3.05, 3.63) is 23.8 Å². The number of hydrogen-bond donors (Lipinski definition) is 2. The number of hydrogen-bond acceptors (Lipinski definition) is 4. The highest BCUT2D eigenvalue weighted by molar-refractivity contribution is 5.79. The van der Waals surface area contributed by atoms with Gasteiger partial charge in [0.25, 0.3) is 0 Å². The van der Waals surface area contributed by atoms with Gasteiger partial charge in [-0.05, 0) is 57.6 Å². The van der Waals surface area contributed by atoms with Crippen molar-refractivity contribution in [2.24, 2.45) is 4.99 Å². The molecule has 0 aliphatic rings. The third-order valence-electron chi connectivity index (χ3n) is 4.45. The summed E-state index contributed by atoms with van der Waals surface area (Å²) in [6, 6.07) is 6.03. The maximum atomic E-state index is 5.35. The van der Waals surface area contributed by atoms with E-state index in [1.807, 2.05) is 19.2 Å². The quantitative estimate of drug-likeness (QED) is 0.314. The van der Waals surface area contributed by atoms with Crippen LogP contribution >= 0.6 is 0 Å². The van der Waals surface area contributed by atoms with Gasteiger partial charge < -0.3 is 25.0 Å². The lowest BCUT2D eigenvalue weighted by atomic mass is 10.1. The lowest BCUT2D eigenvalue weighted by Crippen LogP contribution is -2.38. The van der Waals surface area contributed by atoms with E-state index in [-0.39, 0.29) is 0 Å². The van der Waals surface area contributed by atoms with Crippen molar-refractivity contribution in [3.8, 4) is 11.5 Å². The van der Waals surface area contributed by atoms with Crippen LogP contribution in [0.1, 0.15) is 37.7 Å². The van der Waals surface area contributed by atoms with E-state index in [4.69, 9.17) is 9.47 Å². The standard InChI is InChI=1S/C21H38N4O2/c1-22-21(23-14-9-7-6-8-10-16-25(2)3)24-15-13-18-11-12-19(26-4)20(17-18)27-5/h11-12,17H,6-10,13-16H2,1-5H3,(H2,22,23,24). The number of rotatable bonds is 13. The summed E-state index contributed by atoms with van der Waals surface area (Å²) >= 11 is 0. The van der Waals surface area contributed by atoms with E-state index in [2.05, 4.69) is 40.7 Å². The van der Waals surface area contributed by atoms with Crippen molar-refractivity contribution in [3.63, 3.8) is 0 Å². The SMILES string of the molecule is CN=C(NCCCCCCCN(C)C)NCCc1ccc(OC)c(OC)c1. The smallest absolute Gasteiger partial charge is 0.190 e. The molecule has 0 aliphatic carbocycles. The highest BCUT2D eigenvalue weighted by Gasteiger charge is 2.05. The van der Waals surface area contributed by atoms with Gasteiger partial charge in [-0.15, -0.1) is 0 Å². The van der Waals surface area contributed by atoms with Crippen LogP contribution in [0.25, 0.3) is 0 Å². The first kappa shape index (κ1) is 23.1. The van der Waals surface area contributed by atoms with Gasteiger partial charge in [-0.1, -0.05) is 25.3 Å². The number of ether oxygens (including phenoxy) is 2. The molecule has 0 unspecified atom stereocenters. The Morgan fingerprint density at radius 2 is 1.59 bits per heavy atom. The number of aliphatic imine (C=N–C) groups is 1. The van der Waals surface area contributed by atoms with Gasteiger partial charge in [0, 0.05) is 20.1 Å². The van der Waals surface area contributed by atoms with Gasteiger partial charge in [0.05, 0.1) is 14.2 Å². The van der Waals surface area contributed by atoms with E-state index in [9.17, 15) is 0 Å². The summed E-state index contributed by atoms with van der Waals surface area (Å²) in [7, 11) is 9.39. The van der Waals surface area contributed by atoms with Gasteiger partial charge in [-0.2, -0.15) is 0 Å². The predicted molar refractivity (Wildman–Crippen MR) is 114 cm³/mol. The third-order valence-corrected chi connectivity index (χ3v) is 4.45. The average molecular weight is 379 g/mol. The minimum absolute atomic E-state index is 0.758. The molecule has 6 nitrogen and oxygen atoms in total. The van der Waals surface area contributed by atoms with Crippen LogP contribution in [0, 0.1) is 0 Å². The van der Waals surface area contributed by atoms with Gasteiger partial charge in [0.2, 0.25) is 0 Å². The molecule has 0 saturated heterocycles. The van der Waals surface area contributed by atoms with Gasteiger partial charge in [0.15, 0.2) is 17.5 Å². The first-order chi connectivity index (χ1) is 13.1. The number of nitrogens with one attached hydrogen (secondary N) is 2. The molecule has 1 aromatic rings. The minimum atomic E-state index is 0.758. The Hall–Kier alpha value is -1.95. The van der Waals surface area contributed by atoms with Crippen molar-refractivity contribution < 1.29 is 9.47 Å². The molecule has 0 amide bonds. The summed E-state index contributed by atoms with van der Waals surface area (Å²) in [5.74, 6) is 2.39. The molecule has 0 atom stereocenters. The molecule has 0 radical (unpaired) electrons. The maximum Gasteiger partial charge on any atom is 0.190 e. The van der Waals surface area contributed by atoms with E-state index in [0.717, 1.165) is 37.0 Å². The molecule has 2 N–H and O–H groups in total. The zero-order valence-electron chi connectivity index (χ0n) is 17.8. The van der Waals surface area contributed by atoms with Gasteiger partial charge in [0.1, 0.15) is 0 Å². The summed E-state index contributed by atoms with van der Waals surface area (Å²) in [5.41, 5.74) is 1.20. The van der Waals surface area contributed by atoms with Crippen LogP contribution < -0.4 is 20.1 Å². The predicted octanol–water partition coefficient (Wildman–Crippen LogP) is 2.92. The Morgan fingerprint density at radius 1 is 0.926 bits per heavy atom. The number of nitrogens with zero attached hydrogens (tertiary/aromatic N) is 2. The Morgan fingerprint density at radius 3 is 2.26 bits per heavy atom. The fraction of sp³-hybridized carbons (Fsp3) is 0.667. The zero-order chi connectivity index (χ0) is 19.9. The summed E-state index contributed by atoms with van der Waals surface area (Å²) in [4.78, 5) is 6.54. The molecule has 27 heavy (non-hydrogen) atoms. The number of benzene rings is 1. The van der Waals surface area contributed by atoms with Gasteiger partial charge >= 0.3 is 0 Å².